The molecule has 0 spiro atoms. The van der Waals surface area contributed by atoms with Crippen molar-refractivity contribution in [2.24, 2.45) is 0 Å². The van der Waals surface area contributed by atoms with E-state index in [2.05, 4.69) is 24.8 Å². The van der Waals surface area contributed by atoms with Crippen LogP contribution in [0.4, 0.5) is 5.82 Å². The summed E-state index contributed by atoms with van der Waals surface area (Å²) in [6.07, 6.45) is 5.26. The Balaban J connectivity index is 1.33. The van der Waals surface area contributed by atoms with E-state index in [1.54, 1.807) is 12.7 Å². The summed E-state index contributed by atoms with van der Waals surface area (Å²) >= 11 is 0. The van der Waals surface area contributed by atoms with E-state index in [0.29, 0.717) is 31.9 Å². The summed E-state index contributed by atoms with van der Waals surface area (Å²) in [6.45, 7) is 8.56. The molecule has 4 aromatic rings. The SMILES string of the molecule is Cc1ncn(-c2cc(N3CCN(C(=O)c4c(C)nc5ccccn45)CC3)ncn2)c1C. The van der Waals surface area contributed by atoms with Crippen molar-refractivity contribution in [3.63, 3.8) is 0 Å². The van der Waals surface area contributed by atoms with E-state index in [4.69, 9.17) is 0 Å². The first-order valence-corrected chi connectivity index (χ1v) is 10.3. The van der Waals surface area contributed by atoms with Gasteiger partial charge in [0.2, 0.25) is 0 Å². The fourth-order valence-electron chi connectivity index (χ4n) is 4.03. The van der Waals surface area contributed by atoms with Crippen molar-refractivity contribution in [2.75, 3.05) is 31.1 Å². The van der Waals surface area contributed by atoms with Crippen molar-refractivity contribution in [3.8, 4) is 5.82 Å². The van der Waals surface area contributed by atoms with Crippen LogP contribution in [0.5, 0.6) is 0 Å². The second-order valence-corrected chi connectivity index (χ2v) is 7.77. The number of amides is 1. The summed E-state index contributed by atoms with van der Waals surface area (Å²) in [5.41, 5.74) is 4.23. The highest BCUT2D eigenvalue weighted by Crippen LogP contribution is 2.20. The molecule has 0 radical (unpaired) electrons. The Hall–Kier alpha value is -3.75. The van der Waals surface area contributed by atoms with Crippen molar-refractivity contribution in [3.05, 3.63) is 65.9 Å². The second kappa shape index (κ2) is 7.50. The number of hydrogen-bond donors (Lipinski definition) is 0. The molecule has 0 atom stereocenters. The average Bonchev–Trinajstić information content (AvgIpc) is 3.31. The minimum absolute atomic E-state index is 0.0174. The summed E-state index contributed by atoms with van der Waals surface area (Å²) < 4.78 is 3.84. The van der Waals surface area contributed by atoms with Crippen molar-refractivity contribution in [1.82, 2.24) is 33.8 Å². The normalized spacial score (nSPS) is 14.4. The third-order valence-electron chi connectivity index (χ3n) is 5.93. The van der Waals surface area contributed by atoms with Gasteiger partial charge < -0.3 is 9.80 Å². The van der Waals surface area contributed by atoms with Gasteiger partial charge in [-0.3, -0.25) is 13.8 Å². The van der Waals surface area contributed by atoms with Crippen LogP contribution < -0.4 is 4.90 Å². The summed E-state index contributed by atoms with van der Waals surface area (Å²) in [6, 6.07) is 7.73. The van der Waals surface area contributed by atoms with Gasteiger partial charge in [0, 0.05) is 44.1 Å². The highest BCUT2D eigenvalue weighted by molar-refractivity contribution is 5.94. The molecule has 31 heavy (non-hydrogen) atoms. The van der Waals surface area contributed by atoms with Gasteiger partial charge in [-0.1, -0.05) is 6.07 Å². The number of aryl methyl sites for hydroxylation is 2. The molecular weight excluding hydrogens is 392 g/mol. The first-order chi connectivity index (χ1) is 15.0. The zero-order chi connectivity index (χ0) is 21.5. The Kier molecular flexibility index (Phi) is 4.65. The molecule has 0 aromatic carbocycles. The van der Waals surface area contributed by atoms with E-state index >= 15 is 0 Å². The van der Waals surface area contributed by atoms with Gasteiger partial charge in [0.05, 0.1) is 11.4 Å². The maximum absolute atomic E-state index is 13.2. The van der Waals surface area contributed by atoms with E-state index in [1.807, 2.05) is 65.1 Å². The molecule has 1 aliphatic rings. The van der Waals surface area contributed by atoms with Crippen LogP contribution in [0.2, 0.25) is 0 Å². The van der Waals surface area contributed by atoms with Crippen molar-refractivity contribution in [1.29, 1.82) is 0 Å². The van der Waals surface area contributed by atoms with Gasteiger partial charge >= 0.3 is 0 Å². The monoisotopic (exact) mass is 416 g/mol. The number of aromatic nitrogens is 6. The third kappa shape index (κ3) is 3.31. The Morgan fingerprint density at radius 3 is 2.45 bits per heavy atom. The molecule has 0 bridgehead atoms. The molecule has 5 rings (SSSR count). The Morgan fingerprint density at radius 1 is 0.935 bits per heavy atom. The van der Waals surface area contributed by atoms with E-state index in [0.717, 1.165) is 34.4 Å². The molecule has 0 aliphatic carbocycles. The highest BCUT2D eigenvalue weighted by Gasteiger charge is 2.26. The Labute approximate surface area is 180 Å². The smallest absolute Gasteiger partial charge is 0.272 e. The number of imidazole rings is 2. The average molecular weight is 416 g/mol. The molecule has 1 amide bonds. The van der Waals surface area contributed by atoms with Gasteiger partial charge in [-0.2, -0.15) is 0 Å². The van der Waals surface area contributed by atoms with Crippen molar-refractivity contribution >= 4 is 17.4 Å². The van der Waals surface area contributed by atoms with Crippen molar-refractivity contribution < 1.29 is 4.79 Å². The molecule has 158 valence electrons. The van der Waals surface area contributed by atoms with E-state index in [1.165, 1.54) is 0 Å². The number of rotatable bonds is 3. The van der Waals surface area contributed by atoms with Crippen LogP contribution in [0, 0.1) is 20.8 Å². The second-order valence-electron chi connectivity index (χ2n) is 7.77. The lowest BCUT2D eigenvalue weighted by Crippen LogP contribution is -2.49. The van der Waals surface area contributed by atoms with Gasteiger partial charge in [-0.25, -0.2) is 19.9 Å². The number of pyridine rings is 1. The molecule has 1 saturated heterocycles. The lowest BCUT2D eigenvalue weighted by molar-refractivity contribution is 0.0738. The van der Waals surface area contributed by atoms with E-state index in [-0.39, 0.29) is 5.91 Å². The molecule has 1 fully saturated rings. The maximum Gasteiger partial charge on any atom is 0.272 e. The minimum Gasteiger partial charge on any atom is -0.353 e. The van der Waals surface area contributed by atoms with Crippen LogP contribution in [-0.4, -0.2) is 65.9 Å². The molecule has 4 aromatic heterocycles. The number of carbonyl (C=O) groups is 1. The standard InChI is InChI=1S/C22H24N8O/c1-15-17(3)30(14-25-15)20-12-19(23-13-24-20)27-8-10-28(11-9-27)22(31)21-16(2)26-18-6-4-5-7-29(18)21/h4-7,12-14H,8-11H2,1-3H3. The van der Waals surface area contributed by atoms with Crippen LogP contribution in [-0.2, 0) is 0 Å². The molecule has 0 unspecified atom stereocenters. The Morgan fingerprint density at radius 2 is 1.71 bits per heavy atom. The largest absolute Gasteiger partial charge is 0.353 e. The number of anilines is 1. The van der Waals surface area contributed by atoms with Gasteiger partial charge in [0.15, 0.2) is 0 Å². The lowest BCUT2D eigenvalue weighted by atomic mass is 10.2. The fraction of sp³-hybridized carbons (Fsp3) is 0.318. The minimum atomic E-state index is 0.0174. The van der Waals surface area contributed by atoms with E-state index in [9.17, 15) is 4.79 Å². The predicted octanol–water partition coefficient (Wildman–Crippen LogP) is 2.20. The fourth-order valence-corrected chi connectivity index (χ4v) is 4.03. The van der Waals surface area contributed by atoms with Crippen LogP contribution in [0.3, 0.4) is 0 Å². The quantitative estimate of drug-likeness (QED) is 0.509. The van der Waals surface area contributed by atoms with Gasteiger partial charge in [0.25, 0.3) is 5.91 Å². The zero-order valence-corrected chi connectivity index (χ0v) is 17.9. The van der Waals surface area contributed by atoms with E-state index < -0.39 is 0 Å². The van der Waals surface area contributed by atoms with Crippen LogP contribution >= 0.6 is 0 Å². The van der Waals surface area contributed by atoms with Crippen molar-refractivity contribution in [2.45, 2.75) is 20.8 Å². The molecule has 9 heteroatoms. The maximum atomic E-state index is 13.2. The molecule has 9 nitrogen and oxygen atoms in total. The summed E-state index contributed by atoms with van der Waals surface area (Å²) in [4.78, 5) is 35.1. The number of nitrogens with zero attached hydrogens (tertiary/aromatic N) is 8. The molecular formula is C22H24N8O. The number of fused-ring (bicyclic) bond motifs is 1. The van der Waals surface area contributed by atoms with Crippen LogP contribution in [0.15, 0.2) is 43.1 Å². The summed E-state index contributed by atoms with van der Waals surface area (Å²) in [7, 11) is 0. The number of carbonyl (C=O) groups excluding carboxylic acids is 1. The molecule has 0 N–H and O–H groups in total. The Bertz CT molecular complexity index is 1270. The number of piperazine rings is 1. The molecule has 5 heterocycles. The summed E-state index contributed by atoms with van der Waals surface area (Å²) in [5, 5.41) is 0. The number of hydrogen-bond acceptors (Lipinski definition) is 6. The molecule has 0 saturated carbocycles. The first kappa shape index (κ1) is 19.2. The topological polar surface area (TPSA) is 84.5 Å². The molecule has 1 aliphatic heterocycles. The zero-order valence-electron chi connectivity index (χ0n) is 17.9. The van der Waals surface area contributed by atoms with Gasteiger partial charge in [0.1, 0.15) is 35.6 Å². The highest BCUT2D eigenvalue weighted by atomic mass is 16.2. The summed E-state index contributed by atoms with van der Waals surface area (Å²) in [5.74, 6) is 1.67. The predicted molar refractivity (Wildman–Crippen MR) is 117 cm³/mol. The third-order valence-corrected chi connectivity index (χ3v) is 5.93. The van der Waals surface area contributed by atoms with Crippen LogP contribution in [0.25, 0.3) is 11.5 Å². The lowest BCUT2D eigenvalue weighted by Gasteiger charge is -2.35. The first-order valence-electron chi connectivity index (χ1n) is 10.3. The van der Waals surface area contributed by atoms with Gasteiger partial charge in [-0.05, 0) is 32.9 Å². The van der Waals surface area contributed by atoms with Gasteiger partial charge in [-0.15, -0.1) is 0 Å². The van der Waals surface area contributed by atoms with Crippen LogP contribution in [0.1, 0.15) is 27.6 Å².